The van der Waals surface area contributed by atoms with Crippen molar-refractivity contribution in [1.82, 2.24) is 9.38 Å². The second-order valence-corrected chi connectivity index (χ2v) is 6.29. The molecule has 0 bridgehead atoms. The lowest BCUT2D eigenvalue weighted by Crippen LogP contribution is -2.11. The number of thiazole rings is 1. The lowest BCUT2D eigenvalue weighted by Gasteiger charge is -2.23. The Bertz CT molecular complexity index is 596. The summed E-state index contributed by atoms with van der Waals surface area (Å²) in [5.41, 5.74) is 1.99. The monoisotopic (exact) mass is 296 g/mol. The van der Waals surface area contributed by atoms with Gasteiger partial charge in [-0.1, -0.05) is 30.9 Å². The summed E-state index contributed by atoms with van der Waals surface area (Å²) < 4.78 is 1.99. The number of aliphatic hydroxyl groups is 1. The Morgan fingerprint density at radius 1 is 1.47 bits per heavy atom. The highest BCUT2D eigenvalue weighted by atomic mass is 35.5. The molecule has 2 aromatic heterocycles. The number of aromatic nitrogens is 2. The van der Waals surface area contributed by atoms with E-state index < -0.39 is 0 Å². The van der Waals surface area contributed by atoms with Crippen molar-refractivity contribution in [3.05, 3.63) is 28.0 Å². The lowest BCUT2D eigenvalue weighted by molar-refractivity contribution is 0.295. The molecule has 0 aliphatic heterocycles. The van der Waals surface area contributed by atoms with Crippen molar-refractivity contribution in [3.63, 3.8) is 0 Å². The average Bonchev–Trinajstić information content (AvgIpc) is 2.99. The second-order valence-electron chi connectivity index (χ2n) is 5.06. The van der Waals surface area contributed by atoms with Gasteiger partial charge in [0.1, 0.15) is 0 Å². The molecule has 1 aliphatic rings. The number of nitrogens with zero attached hydrogens (tertiary/aromatic N) is 2. The van der Waals surface area contributed by atoms with E-state index in [-0.39, 0.29) is 6.61 Å². The summed E-state index contributed by atoms with van der Waals surface area (Å²) >= 11 is 7.77. The molecule has 0 unspecified atom stereocenters. The van der Waals surface area contributed by atoms with Crippen LogP contribution < -0.4 is 0 Å². The van der Waals surface area contributed by atoms with Crippen LogP contribution in [0.1, 0.15) is 37.8 Å². The van der Waals surface area contributed by atoms with Gasteiger partial charge in [0.25, 0.3) is 0 Å². The number of rotatable bonds is 3. The predicted molar refractivity (Wildman–Crippen MR) is 79.7 cm³/mol. The normalized spacial score (nSPS) is 18.3. The molecule has 0 radical (unpaired) electrons. The molecule has 1 aliphatic carbocycles. The zero-order valence-electron chi connectivity index (χ0n) is 10.7. The number of halogens is 1. The molecular formula is C14H17ClN2OS. The highest BCUT2D eigenvalue weighted by molar-refractivity contribution is 7.15. The van der Waals surface area contributed by atoms with Gasteiger partial charge in [0.05, 0.1) is 12.3 Å². The van der Waals surface area contributed by atoms with Gasteiger partial charge in [-0.15, -0.1) is 11.3 Å². The third-order valence-electron chi connectivity index (χ3n) is 3.89. The largest absolute Gasteiger partial charge is 0.392 e. The van der Waals surface area contributed by atoms with Crippen LogP contribution in [0.5, 0.6) is 0 Å². The molecule has 1 N–H and O–H groups in total. The van der Waals surface area contributed by atoms with Crippen LogP contribution in [0.4, 0.5) is 0 Å². The van der Waals surface area contributed by atoms with Crippen molar-refractivity contribution in [1.29, 1.82) is 0 Å². The Kier molecular flexibility index (Phi) is 3.91. The van der Waals surface area contributed by atoms with Gasteiger partial charge < -0.3 is 5.11 Å². The number of aliphatic hydroxyl groups excluding tert-OH is 1. The molecule has 5 heteroatoms. The zero-order valence-corrected chi connectivity index (χ0v) is 12.3. The van der Waals surface area contributed by atoms with Gasteiger partial charge >= 0.3 is 0 Å². The molecule has 19 heavy (non-hydrogen) atoms. The van der Waals surface area contributed by atoms with Crippen molar-refractivity contribution in [3.8, 4) is 0 Å². The lowest BCUT2D eigenvalue weighted by atomic mass is 9.83. The average molecular weight is 297 g/mol. The molecule has 3 nitrogen and oxygen atoms in total. The van der Waals surface area contributed by atoms with Crippen LogP contribution in [0.15, 0.2) is 17.2 Å². The molecule has 1 fully saturated rings. The zero-order chi connectivity index (χ0) is 13.2. The minimum atomic E-state index is 0.109. The number of hydrogen-bond donors (Lipinski definition) is 1. The summed E-state index contributed by atoms with van der Waals surface area (Å²) in [6.45, 7) is 0.109. The maximum absolute atomic E-state index is 9.65. The molecule has 1 saturated carbocycles. The standard InChI is InChI=1S/C14H17ClN2OS/c15-13-12(17-6-7-19-14(17)16-13)8-11(9-18)10-4-2-1-3-5-10/h6-8,10,18H,1-5,9H2. The van der Waals surface area contributed by atoms with E-state index in [2.05, 4.69) is 4.98 Å². The first-order valence-electron chi connectivity index (χ1n) is 6.72. The Hall–Kier alpha value is -0.840. The van der Waals surface area contributed by atoms with Gasteiger partial charge in [-0.3, -0.25) is 4.40 Å². The first-order chi connectivity index (χ1) is 9.29. The fourth-order valence-electron chi connectivity index (χ4n) is 2.85. The van der Waals surface area contributed by atoms with Crippen molar-refractivity contribution < 1.29 is 5.11 Å². The maximum Gasteiger partial charge on any atom is 0.195 e. The number of imidazole rings is 1. The summed E-state index contributed by atoms with van der Waals surface area (Å²) in [7, 11) is 0. The van der Waals surface area contributed by atoms with E-state index in [0.717, 1.165) is 16.2 Å². The van der Waals surface area contributed by atoms with Crippen LogP contribution in [0, 0.1) is 5.92 Å². The van der Waals surface area contributed by atoms with E-state index >= 15 is 0 Å². The first kappa shape index (κ1) is 13.2. The molecule has 0 spiro atoms. The molecule has 2 aromatic rings. The maximum atomic E-state index is 9.65. The minimum absolute atomic E-state index is 0.109. The number of fused-ring (bicyclic) bond motifs is 1. The topological polar surface area (TPSA) is 37.5 Å². The third kappa shape index (κ3) is 2.57. The van der Waals surface area contributed by atoms with Crippen LogP contribution in [0.2, 0.25) is 5.15 Å². The fraction of sp³-hybridized carbons (Fsp3) is 0.500. The van der Waals surface area contributed by atoms with Crippen molar-refractivity contribution in [2.45, 2.75) is 32.1 Å². The Morgan fingerprint density at radius 3 is 3.00 bits per heavy atom. The van der Waals surface area contributed by atoms with Crippen molar-refractivity contribution in [2.75, 3.05) is 6.61 Å². The van der Waals surface area contributed by atoms with Crippen LogP contribution in [0.3, 0.4) is 0 Å². The second kappa shape index (κ2) is 5.65. The van der Waals surface area contributed by atoms with E-state index in [1.807, 2.05) is 22.1 Å². The summed E-state index contributed by atoms with van der Waals surface area (Å²) in [6, 6.07) is 0. The highest BCUT2D eigenvalue weighted by Gasteiger charge is 2.19. The Balaban J connectivity index is 1.97. The molecule has 0 aromatic carbocycles. The molecule has 102 valence electrons. The smallest absolute Gasteiger partial charge is 0.195 e. The summed E-state index contributed by atoms with van der Waals surface area (Å²) in [6.07, 6.45) is 10.2. The Labute approximate surface area is 121 Å². The van der Waals surface area contributed by atoms with Crippen LogP contribution in [-0.2, 0) is 0 Å². The van der Waals surface area contributed by atoms with E-state index in [1.165, 1.54) is 32.1 Å². The van der Waals surface area contributed by atoms with Gasteiger partial charge in [0.2, 0.25) is 0 Å². The first-order valence-corrected chi connectivity index (χ1v) is 7.97. The van der Waals surface area contributed by atoms with Gasteiger partial charge in [0, 0.05) is 11.6 Å². The molecule has 0 saturated heterocycles. The van der Waals surface area contributed by atoms with E-state index in [0.29, 0.717) is 11.1 Å². The SMILES string of the molecule is OCC(=Cc1c(Cl)nc2sccn12)C1CCCCC1. The van der Waals surface area contributed by atoms with E-state index in [1.54, 1.807) is 11.3 Å². The molecule has 0 amide bonds. The highest BCUT2D eigenvalue weighted by Crippen LogP contribution is 2.32. The molecular weight excluding hydrogens is 280 g/mol. The molecule has 3 rings (SSSR count). The fourth-order valence-corrected chi connectivity index (χ4v) is 3.84. The number of hydrogen-bond acceptors (Lipinski definition) is 3. The summed E-state index contributed by atoms with van der Waals surface area (Å²) in [5.74, 6) is 0.499. The van der Waals surface area contributed by atoms with Gasteiger partial charge in [-0.25, -0.2) is 4.98 Å². The molecule has 2 heterocycles. The predicted octanol–water partition coefficient (Wildman–Crippen LogP) is 4.01. The quantitative estimate of drug-likeness (QED) is 0.929. The van der Waals surface area contributed by atoms with Crippen LogP contribution in [0.25, 0.3) is 11.0 Å². The van der Waals surface area contributed by atoms with Crippen LogP contribution >= 0.6 is 22.9 Å². The van der Waals surface area contributed by atoms with Crippen LogP contribution in [-0.4, -0.2) is 21.1 Å². The molecule has 0 atom stereocenters. The van der Waals surface area contributed by atoms with E-state index in [4.69, 9.17) is 11.6 Å². The summed E-state index contributed by atoms with van der Waals surface area (Å²) in [4.78, 5) is 5.23. The van der Waals surface area contributed by atoms with E-state index in [9.17, 15) is 5.11 Å². The van der Waals surface area contributed by atoms with Gasteiger partial charge in [-0.05, 0) is 30.4 Å². The van der Waals surface area contributed by atoms with Gasteiger partial charge in [-0.2, -0.15) is 0 Å². The van der Waals surface area contributed by atoms with Crippen molar-refractivity contribution >= 4 is 34.0 Å². The Morgan fingerprint density at radius 2 is 2.26 bits per heavy atom. The van der Waals surface area contributed by atoms with Gasteiger partial charge in [0.15, 0.2) is 10.1 Å². The van der Waals surface area contributed by atoms with Crippen molar-refractivity contribution in [2.24, 2.45) is 5.92 Å². The summed E-state index contributed by atoms with van der Waals surface area (Å²) in [5, 5.41) is 12.2. The minimum Gasteiger partial charge on any atom is -0.392 e. The third-order valence-corrected chi connectivity index (χ3v) is 4.92.